The van der Waals surface area contributed by atoms with Gasteiger partial charge < -0.3 is 46.9 Å². The number of hydrogen-bond acceptors (Lipinski definition) is 9. The van der Waals surface area contributed by atoms with Gasteiger partial charge in [0.05, 0.1) is 18.8 Å². The average Bonchev–Trinajstić information content (AvgIpc) is 2.68. The van der Waals surface area contributed by atoms with Gasteiger partial charge in [-0.15, -0.1) is 0 Å². The first-order valence-corrected chi connectivity index (χ1v) is 8.08. The molecule has 0 bridgehead atoms. The van der Waals surface area contributed by atoms with E-state index in [-0.39, 0.29) is 31.3 Å². The molecule has 2 aliphatic rings. The SMILES string of the molecule is CN1CC[C@H](N)[C@@H](O[C@H]2O[C@H](CN)[C@@H](O)[C@H](O)[C@H]2N)C[C@@H]1CO. The fraction of sp³-hybridized carbons (Fsp3) is 1.00. The summed E-state index contributed by atoms with van der Waals surface area (Å²) in [5.74, 6) is 0. The van der Waals surface area contributed by atoms with Crippen LogP contribution in [0.15, 0.2) is 0 Å². The highest BCUT2D eigenvalue weighted by Crippen LogP contribution is 2.25. The van der Waals surface area contributed by atoms with Crippen molar-refractivity contribution in [2.75, 3.05) is 26.7 Å². The lowest BCUT2D eigenvalue weighted by Gasteiger charge is -2.42. The quantitative estimate of drug-likeness (QED) is 0.307. The second kappa shape index (κ2) is 8.15. The van der Waals surface area contributed by atoms with Crippen LogP contribution in [0.2, 0.25) is 0 Å². The second-order valence-corrected chi connectivity index (χ2v) is 6.52. The Hall–Kier alpha value is -0.360. The van der Waals surface area contributed by atoms with E-state index >= 15 is 0 Å². The van der Waals surface area contributed by atoms with Gasteiger partial charge in [-0.05, 0) is 26.4 Å². The lowest BCUT2D eigenvalue weighted by Crippen LogP contribution is -2.64. The van der Waals surface area contributed by atoms with Crippen LogP contribution in [0.1, 0.15) is 12.8 Å². The smallest absolute Gasteiger partial charge is 0.176 e. The molecule has 136 valence electrons. The summed E-state index contributed by atoms with van der Waals surface area (Å²) in [6.45, 7) is 0.813. The Morgan fingerprint density at radius 2 is 1.96 bits per heavy atom. The number of nitrogens with zero attached hydrogens (tertiary/aromatic N) is 1. The van der Waals surface area contributed by atoms with Gasteiger partial charge in [0.25, 0.3) is 0 Å². The number of aliphatic hydroxyl groups excluding tert-OH is 3. The van der Waals surface area contributed by atoms with Crippen molar-refractivity contribution in [2.45, 2.75) is 61.7 Å². The zero-order chi connectivity index (χ0) is 17.1. The van der Waals surface area contributed by atoms with Crippen LogP contribution >= 0.6 is 0 Å². The van der Waals surface area contributed by atoms with E-state index in [9.17, 15) is 15.3 Å². The van der Waals surface area contributed by atoms with Gasteiger partial charge in [0, 0.05) is 18.6 Å². The number of rotatable bonds is 4. The number of aliphatic hydroxyl groups is 3. The predicted octanol–water partition coefficient (Wildman–Crippen LogP) is -3.48. The van der Waals surface area contributed by atoms with Crippen LogP contribution in [0, 0.1) is 0 Å². The van der Waals surface area contributed by atoms with E-state index in [1.165, 1.54) is 0 Å². The second-order valence-electron chi connectivity index (χ2n) is 6.52. The van der Waals surface area contributed by atoms with Crippen LogP contribution < -0.4 is 17.2 Å². The summed E-state index contributed by atoms with van der Waals surface area (Å²) < 4.78 is 11.5. The largest absolute Gasteiger partial charge is 0.395 e. The van der Waals surface area contributed by atoms with Gasteiger partial charge in [-0.2, -0.15) is 0 Å². The molecular formula is C14H30N4O5. The molecule has 0 spiro atoms. The van der Waals surface area contributed by atoms with Crippen molar-refractivity contribution in [2.24, 2.45) is 17.2 Å². The zero-order valence-corrected chi connectivity index (χ0v) is 13.5. The molecular weight excluding hydrogens is 304 g/mol. The Morgan fingerprint density at radius 1 is 1.26 bits per heavy atom. The number of likely N-dealkylation sites (tertiary alicyclic amines) is 1. The van der Waals surface area contributed by atoms with E-state index in [1.807, 2.05) is 11.9 Å². The lowest BCUT2D eigenvalue weighted by atomic mass is 9.97. The maximum absolute atomic E-state index is 10.0. The molecule has 0 amide bonds. The Balaban J connectivity index is 2.06. The van der Waals surface area contributed by atoms with Crippen molar-refractivity contribution < 1.29 is 24.8 Å². The molecule has 0 unspecified atom stereocenters. The molecule has 23 heavy (non-hydrogen) atoms. The Labute approximate surface area is 136 Å². The standard InChI is InChI=1S/C14H30N4O5/c1-18-3-2-8(16)9(4-7(18)6-19)22-14-11(17)13(21)12(20)10(5-15)23-14/h7-14,19-21H,2-6,15-17H2,1H3/t7-,8+,9+,10-,11-,12-,13-,14+/m1/s1. The molecule has 9 heteroatoms. The number of likely N-dealkylation sites (N-methyl/N-ethyl adjacent to an activating group) is 1. The van der Waals surface area contributed by atoms with Crippen LogP contribution in [0.4, 0.5) is 0 Å². The third kappa shape index (κ3) is 4.19. The average molecular weight is 334 g/mol. The van der Waals surface area contributed by atoms with Crippen molar-refractivity contribution in [1.29, 1.82) is 0 Å². The summed E-state index contributed by atoms with van der Waals surface area (Å²) in [4.78, 5) is 2.05. The van der Waals surface area contributed by atoms with Crippen LogP contribution in [-0.2, 0) is 9.47 Å². The Morgan fingerprint density at radius 3 is 2.57 bits per heavy atom. The molecule has 2 fully saturated rings. The highest BCUT2D eigenvalue weighted by molar-refractivity contribution is 4.93. The summed E-state index contributed by atoms with van der Waals surface area (Å²) in [5.41, 5.74) is 17.7. The first-order valence-electron chi connectivity index (χ1n) is 8.08. The minimum absolute atomic E-state index is 0.00736. The lowest BCUT2D eigenvalue weighted by molar-refractivity contribution is -0.272. The molecule has 0 aromatic rings. The summed E-state index contributed by atoms with van der Waals surface area (Å²) in [6, 6.07) is -1.19. The molecule has 0 saturated carbocycles. The van der Waals surface area contributed by atoms with E-state index in [4.69, 9.17) is 26.7 Å². The Bertz CT molecular complexity index is 373. The summed E-state index contributed by atoms with van der Waals surface area (Å²) in [6.07, 6.45) is -3.09. The molecule has 2 aliphatic heterocycles. The van der Waals surface area contributed by atoms with Gasteiger partial charge in [-0.3, -0.25) is 0 Å². The summed E-state index contributed by atoms with van der Waals surface area (Å²) >= 11 is 0. The van der Waals surface area contributed by atoms with Gasteiger partial charge in [-0.1, -0.05) is 0 Å². The predicted molar refractivity (Wildman–Crippen MR) is 83.3 cm³/mol. The van der Waals surface area contributed by atoms with Crippen molar-refractivity contribution in [3.63, 3.8) is 0 Å². The highest BCUT2D eigenvalue weighted by Gasteiger charge is 2.44. The molecule has 2 heterocycles. The first kappa shape index (κ1) is 19.0. The number of nitrogens with two attached hydrogens (primary N) is 3. The zero-order valence-electron chi connectivity index (χ0n) is 13.5. The Kier molecular flexibility index (Phi) is 6.72. The van der Waals surface area contributed by atoms with Crippen molar-refractivity contribution in [3.8, 4) is 0 Å². The number of ether oxygens (including phenoxy) is 2. The van der Waals surface area contributed by atoms with E-state index in [1.54, 1.807) is 0 Å². The topological polar surface area (TPSA) is 160 Å². The van der Waals surface area contributed by atoms with Crippen LogP contribution in [0.25, 0.3) is 0 Å². The molecule has 8 atom stereocenters. The maximum atomic E-state index is 10.0. The maximum Gasteiger partial charge on any atom is 0.176 e. The molecule has 9 N–H and O–H groups in total. The molecule has 9 nitrogen and oxygen atoms in total. The van der Waals surface area contributed by atoms with Crippen molar-refractivity contribution >= 4 is 0 Å². The summed E-state index contributed by atoms with van der Waals surface area (Å²) in [5, 5.41) is 29.4. The van der Waals surface area contributed by atoms with Crippen LogP contribution in [-0.4, -0.2) is 95.8 Å². The van der Waals surface area contributed by atoms with E-state index in [0.717, 1.165) is 6.54 Å². The minimum atomic E-state index is -1.18. The number of hydrogen-bond donors (Lipinski definition) is 6. The third-order valence-electron chi connectivity index (χ3n) is 4.92. The van der Waals surface area contributed by atoms with Crippen molar-refractivity contribution in [3.05, 3.63) is 0 Å². The monoisotopic (exact) mass is 334 g/mol. The molecule has 2 saturated heterocycles. The normalized spacial score (nSPS) is 46.6. The van der Waals surface area contributed by atoms with E-state index in [2.05, 4.69) is 0 Å². The van der Waals surface area contributed by atoms with Crippen LogP contribution in [0.3, 0.4) is 0 Å². The van der Waals surface area contributed by atoms with E-state index < -0.39 is 30.6 Å². The van der Waals surface area contributed by atoms with Gasteiger partial charge >= 0.3 is 0 Å². The van der Waals surface area contributed by atoms with Crippen molar-refractivity contribution in [1.82, 2.24) is 4.90 Å². The van der Waals surface area contributed by atoms with Gasteiger partial charge in [-0.25, -0.2) is 0 Å². The molecule has 0 aromatic heterocycles. The molecule has 2 rings (SSSR count). The van der Waals surface area contributed by atoms with Gasteiger partial charge in [0.1, 0.15) is 18.3 Å². The molecule has 0 aromatic carbocycles. The fourth-order valence-corrected chi connectivity index (χ4v) is 3.16. The van der Waals surface area contributed by atoms with E-state index in [0.29, 0.717) is 12.8 Å². The third-order valence-corrected chi connectivity index (χ3v) is 4.92. The van der Waals surface area contributed by atoms with Gasteiger partial charge in [0.15, 0.2) is 6.29 Å². The molecule has 0 aliphatic carbocycles. The molecule has 0 radical (unpaired) electrons. The minimum Gasteiger partial charge on any atom is -0.395 e. The summed E-state index contributed by atoms with van der Waals surface area (Å²) in [7, 11) is 1.93. The highest BCUT2D eigenvalue weighted by atomic mass is 16.7. The first-order chi connectivity index (χ1) is 10.9. The fourth-order valence-electron chi connectivity index (χ4n) is 3.16. The van der Waals surface area contributed by atoms with Gasteiger partial charge in [0.2, 0.25) is 0 Å². The van der Waals surface area contributed by atoms with Crippen LogP contribution in [0.5, 0.6) is 0 Å².